The Bertz CT molecular complexity index is 1770. The van der Waals surface area contributed by atoms with Crippen molar-refractivity contribution in [2.45, 2.75) is 23.9 Å². The second kappa shape index (κ2) is 8.56. The fraction of sp³-hybridized carbons (Fsp3) is 0.111. The van der Waals surface area contributed by atoms with Crippen LogP contribution in [0.3, 0.4) is 0 Å². The van der Waals surface area contributed by atoms with Gasteiger partial charge < -0.3 is 4.98 Å². The number of aromatic amines is 1. The average molecular weight is 480 g/mol. The number of hydrogen-bond acceptors (Lipinski definition) is 5. The minimum Gasteiger partial charge on any atom is -0.360 e. The van der Waals surface area contributed by atoms with E-state index in [1.165, 1.54) is 11.8 Å². The minimum absolute atomic E-state index is 0.00566. The van der Waals surface area contributed by atoms with Gasteiger partial charge in [-0.25, -0.2) is 0 Å². The summed E-state index contributed by atoms with van der Waals surface area (Å²) < 4.78 is 3.52. The van der Waals surface area contributed by atoms with E-state index in [2.05, 4.69) is 15.2 Å². The summed E-state index contributed by atoms with van der Waals surface area (Å²) in [5, 5.41) is 10.4. The number of aromatic nitrogens is 5. The largest absolute Gasteiger partial charge is 0.360 e. The van der Waals surface area contributed by atoms with Crippen molar-refractivity contribution in [3.8, 4) is 0 Å². The topological polar surface area (TPSA) is 85.0 Å². The maximum absolute atomic E-state index is 13.4. The second-order valence-corrected chi connectivity index (χ2v) is 9.69. The summed E-state index contributed by atoms with van der Waals surface area (Å²) in [5.41, 5.74) is 3.17. The van der Waals surface area contributed by atoms with Crippen LogP contribution in [-0.4, -0.2) is 35.2 Å². The number of hydrogen-bond donors (Lipinski definition) is 1. The molecule has 8 heteroatoms. The Morgan fingerprint density at radius 1 is 0.943 bits per heavy atom. The minimum atomic E-state index is -0.408. The van der Waals surface area contributed by atoms with Crippen LogP contribution >= 0.6 is 11.8 Å². The first-order chi connectivity index (χ1) is 17.1. The molecule has 0 fully saturated rings. The molecule has 0 bridgehead atoms. The van der Waals surface area contributed by atoms with Crippen molar-refractivity contribution in [2.24, 2.45) is 0 Å². The van der Waals surface area contributed by atoms with Crippen LogP contribution in [0.2, 0.25) is 0 Å². The second-order valence-electron chi connectivity index (χ2n) is 8.38. The predicted octanol–water partition coefficient (Wildman–Crippen LogP) is 4.94. The molecule has 35 heavy (non-hydrogen) atoms. The van der Waals surface area contributed by atoms with Gasteiger partial charge in [-0.3, -0.25) is 18.6 Å². The van der Waals surface area contributed by atoms with Gasteiger partial charge >= 0.3 is 0 Å². The van der Waals surface area contributed by atoms with Gasteiger partial charge in [0.15, 0.2) is 10.9 Å². The lowest BCUT2D eigenvalue weighted by Crippen LogP contribution is -2.24. The molecule has 0 saturated carbocycles. The zero-order chi connectivity index (χ0) is 23.9. The molecular formula is C27H21N5O2S. The molecule has 172 valence electrons. The Kier molecular flexibility index (Phi) is 5.22. The van der Waals surface area contributed by atoms with E-state index in [0.717, 1.165) is 22.0 Å². The average Bonchev–Trinajstić information content (AvgIpc) is 3.51. The third-order valence-electron chi connectivity index (χ3n) is 6.17. The zero-order valence-electron chi connectivity index (χ0n) is 18.9. The molecule has 3 aromatic carbocycles. The Balaban J connectivity index is 1.44. The van der Waals surface area contributed by atoms with E-state index < -0.39 is 5.25 Å². The van der Waals surface area contributed by atoms with Gasteiger partial charge in [0.1, 0.15) is 0 Å². The normalized spacial score (nSPS) is 12.5. The zero-order valence-corrected chi connectivity index (χ0v) is 19.7. The van der Waals surface area contributed by atoms with E-state index in [1.54, 1.807) is 10.8 Å². The lowest BCUT2D eigenvalue weighted by Gasteiger charge is -2.13. The Morgan fingerprint density at radius 2 is 1.66 bits per heavy atom. The number of fused-ring (bicyclic) bond motifs is 4. The highest BCUT2D eigenvalue weighted by atomic mass is 32.2. The molecule has 7 nitrogen and oxygen atoms in total. The smallest absolute Gasteiger partial charge is 0.263 e. The van der Waals surface area contributed by atoms with Crippen LogP contribution in [0.4, 0.5) is 0 Å². The summed E-state index contributed by atoms with van der Waals surface area (Å²) in [6, 6.07) is 25.0. The van der Waals surface area contributed by atoms with E-state index in [1.807, 2.05) is 90.2 Å². The monoisotopic (exact) mass is 479 g/mol. The van der Waals surface area contributed by atoms with Crippen LogP contribution < -0.4 is 5.56 Å². The van der Waals surface area contributed by atoms with Crippen LogP contribution in [0.15, 0.2) is 95.0 Å². The fourth-order valence-electron chi connectivity index (χ4n) is 4.42. The van der Waals surface area contributed by atoms with Crippen molar-refractivity contribution in [1.29, 1.82) is 0 Å². The van der Waals surface area contributed by atoms with Gasteiger partial charge in [-0.1, -0.05) is 72.4 Å². The first-order valence-electron chi connectivity index (χ1n) is 11.3. The number of H-pyrrole nitrogens is 1. The van der Waals surface area contributed by atoms with E-state index in [9.17, 15) is 9.59 Å². The molecule has 6 aromatic rings. The first kappa shape index (κ1) is 21.4. The number of carbonyl (C=O) groups is 1. The number of para-hydroxylation sites is 2. The summed E-state index contributed by atoms with van der Waals surface area (Å²) in [6.45, 7) is 2.25. The maximum atomic E-state index is 13.4. The number of carbonyl (C=O) groups excluding carboxylic acids is 1. The molecule has 0 aliphatic heterocycles. The lowest BCUT2D eigenvalue weighted by molar-refractivity contribution is 0.0995. The highest BCUT2D eigenvalue weighted by molar-refractivity contribution is 8.00. The highest BCUT2D eigenvalue weighted by Crippen LogP contribution is 2.29. The maximum Gasteiger partial charge on any atom is 0.263 e. The number of rotatable bonds is 6. The van der Waals surface area contributed by atoms with Crippen LogP contribution in [0.5, 0.6) is 0 Å². The molecule has 0 aliphatic rings. The lowest BCUT2D eigenvalue weighted by atomic mass is 10.1. The molecule has 0 aliphatic carbocycles. The van der Waals surface area contributed by atoms with Crippen molar-refractivity contribution in [1.82, 2.24) is 24.1 Å². The van der Waals surface area contributed by atoms with Gasteiger partial charge in [-0.15, -0.1) is 10.2 Å². The van der Waals surface area contributed by atoms with Crippen molar-refractivity contribution >= 4 is 45.1 Å². The highest BCUT2D eigenvalue weighted by Gasteiger charge is 2.24. The molecule has 0 spiro atoms. The van der Waals surface area contributed by atoms with Gasteiger partial charge in [0.2, 0.25) is 5.78 Å². The number of nitrogens with zero attached hydrogens (tertiary/aromatic N) is 4. The van der Waals surface area contributed by atoms with Gasteiger partial charge in [0.05, 0.1) is 22.7 Å². The molecule has 0 amide bonds. The molecule has 1 N–H and O–H groups in total. The van der Waals surface area contributed by atoms with Crippen LogP contribution in [-0.2, 0) is 6.54 Å². The molecule has 3 heterocycles. The quantitative estimate of drug-likeness (QED) is 0.270. The third kappa shape index (κ3) is 3.63. The van der Waals surface area contributed by atoms with Gasteiger partial charge in [-0.2, -0.15) is 0 Å². The summed E-state index contributed by atoms with van der Waals surface area (Å²) in [7, 11) is 0. The van der Waals surface area contributed by atoms with Crippen molar-refractivity contribution in [3.05, 3.63) is 107 Å². The summed E-state index contributed by atoms with van der Waals surface area (Å²) in [4.78, 5) is 29.9. The molecule has 0 saturated heterocycles. The summed E-state index contributed by atoms with van der Waals surface area (Å²) in [5.74, 6) is 0.456. The summed E-state index contributed by atoms with van der Waals surface area (Å²) >= 11 is 1.34. The van der Waals surface area contributed by atoms with Crippen LogP contribution in [0.25, 0.3) is 27.6 Å². The van der Waals surface area contributed by atoms with Gasteiger partial charge in [0.25, 0.3) is 5.56 Å². The number of thioether (sulfide) groups is 1. The standard InChI is InChI=1S/C27H21N5O2S/c1-17(24(33)21-15-28-22-13-7-5-11-19(21)22)35-27-30-29-26-31(16-18-9-3-2-4-10-18)25(34)20-12-6-8-14-23(20)32(26)27/h2-15,17,28H,16H2,1H3. The van der Waals surface area contributed by atoms with Gasteiger partial charge in [0, 0.05) is 22.7 Å². The van der Waals surface area contributed by atoms with Gasteiger partial charge in [-0.05, 0) is 30.7 Å². The van der Waals surface area contributed by atoms with Crippen LogP contribution in [0, 0.1) is 0 Å². The van der Waals surface area contributed by atoms with E-state index >= 15 is 0 Å². The Hall–Kier alpha value is -4.17. The van der Waals surface area contributed by atoms with E-state index in [-0.39, 0.29) is 11.3 Å². The third-order valence-corrected chi connectivity index (χ3v) is 7.21. The molecular weight excluding hydrogens is 458 g/mol. The molecule has 0 radical (unpaired) electrons. The van der Waals surface area contributed by atoms with Crippen molar-refractivity contribution in [2.75, 3.05) is 0 Å². The van der Waals surface area contributed by atoms with Crippen LogP contribution in [0.1, 0.15) is 22.8 Å². The Morgan fingerprint density at radius 3 is 2.49 bits per heavy atom. The van der Waals surface area contributed by atoms with E-state index in [0.29, 0.717) is 28.4 Å². The predicted molar refractivity (Wildman–Crippen MR) is 138 cm³/mol. The van der Waals surface area contributed by atoms with Crippen molar-refractivity contribution < 1.29 is 4.79 Å². The number of benzene rings is 3. The van der Waals surface area contributed by atoms with E-state index in [4.69, 9.17) is 0 Å². The fourth-order valence-corrected chi connectivity index (χ4v) is 5.35. The first-order valence-corrected chi connectivity index (χ1v) is 12.2. The molecule has 1 atom stereocenters. The number of Topliss-reactive ketones (excluding diaryl/α,β-unsaturated/α-hetero) is 1. The molecule has 1 unspecified atom stereocenters. The van der Waals surface area contributed by atoms with Crippen molar-refractivity contribution in [3.63, 3.8) is 0 Å². The number of nitrogens with one attached hydrogen (secondary N) is 1. The summed E-state index contributed by atoms with van der Waals surface area (Å²) in [6.07, 6.45) is 1.76. The molecule has 6 rings (SSSR count). The molecule has 3 aromatic heterocycles. The SMILES string of the molecule is CC(Sc1nnc2n(Cc3ccccc3)c(=O)c3ccccc3n12)C(=O)c1c[nH]c2ccccc12. The Labute approximate surface area is 204 Å². The number of ketones is 1.